The summed E-state index contributed by atoms with van der Waals surface area (Å²) >= 11 is 0. The molecule has 0 saturated carbocycles. The summed E-state index contributed by atoms with van der Waals surface area (Å²) in [6.45, 7) is 2.98. The number of carbonyl (C=O) groups is 1. The molecule has 0 aromatic carbocycles. The highest BCUT2D eigenvalue weighted by Crippen LogP contribution is 2.05. The first-order valence-corrected chi connectivity index (χ1v) is 3.22. The Labute approximate surface area is 63.8 Å². The zero-order valence-corrected chi connectivity index (χ0v) is 6.36. The molecule has 5 heteroatoms. The fourth-order valence-electron chi connectivity index (χ4n) is 0.795. The van der Waals surface area contributed by atoms with Crippen LogP contribution < -0.4 is 0 Å². The van der Waals surface area contributed by atoms with Gasteiger partial charge in [0.05, 0.1) is 0 Å². The normalized spacial score (nSPS) is 23.3. The maximum atomic E-state index is 10.6. The monoisotopic (exact) mass is 159 g/mol. The van der Waals surface area contributed by atoms with E-state index < -0.39 is 12.1 Å². The van der Waals surface area contributed by atoms with Crippen LogP contribution in [0.4, 0.5) is 0 Å². The van der Waals surface area contributed by atoms with Crippen molar-refractivity contribution in [1.82, 2.24) is 0 Å². The smallest absolute Gasteiger partial charge is 0.303 e. The summed E-state index contributed by atoms with van der Waals surface area (Å²) in [5.74, 6) is -0.409. The molecule has 0 fully saturated rings. The second kappa shape index (κ2) is 2.77. The fraction of sp³-hybridized carbons (Fsp3) is 0.667. The Bertz CT molecular complexity index is 211. The van der Waals surface area contributed by atoms with Crippen LogP contribution in [0, 0.1) is 5.21 Å². The summed E-state index contributed by atoms with van der Waals surface area (Å²) in [6.07, 6.45) is -0.509. The van der Waals surface area contributed by atoms with Crippen molar-refractivity contribution in [3.05, 3.63) is 5.21 Å². The van der Waals surface area contributed by atoms with Crippen LogP contribution in [-0.2, 0) is 14.4 Å². The van der Waals surface area contributed by atoms with Crippen molar-refractivity contribution in [2.45, 2.75) is 20.0 Å². The maximum Gasteiger partial charge on any atom is 0.303 e. The maximum absolute atomic E-state index is 10.6. The van der Waals surface area contributed by atoms with E-state index in [2.05, 4.69) is 4.84 Å². The predicted molar refractivity (Wildman–Crippen MR) is 35.8 cm³/mol. The first kappa shape index (κ1) is 7.84. The van der Waals surface area contributed by atoms with Crippen LogP contribution >= 0.6 is 0 Å². The summed E-state index contributed by atoms with van der Waals surface area (Å²) in [7, 11) is 0. The van der Waals surface area contributed by atoms with Crippen LogP contribution in [0.1, 0.15) is 13.8 Å². The van der Waals surface area contributed by atoms with Crippen molar-refractivity contribution in [2.75, 3.05) is 6.61 Å². The highest BCUT2D eigenvalue weighted by Gasteiger charge is 2.29. The van der Waals surface area contributed by atoms with E-state index in [4.69, 9.17) is 4.74 Å². The minimum atomic E-state index is -0.509. The lowest BCUT2D eigenvalue weighted by atomic mass is 10.3. The average molecular weight is 159 g/mol. The molecule has 0 aliphatic carbocycles. The van der Waals surface area contributed by atoms with Crippen molar-refractivity contribution < 1.29 is 19.3 Å². The van der Waals surface area contributed by atoms with Crippen LogP contribution in [0.25, 0.3) is 0 Å². The Morgan fingerprint density at radius 1 is 1.91 bits per heavy atom. The molecule has 1 aliphatic rings. The zero-order chi connectivity index (χ0) is 8.43. The molecule has 0 spiro atoms. The largest absolute Gasteiger partial charge is 0.450 e. The van der Waals surface area contributed by atoms with E-state index in [-0.39, 0.29) is 6.61 Å². The number of carbonyl (C=O) groups excluding carboxylic acids is 1. The van der Waals surface area contributed by atoms with Crippen molar-refractivity contribution in [1.29, 1.82) is 0 Å². The topological polar surface area (TPSA) is 61.6 Å². The molecule has 0 saturated heterocycles. The molecule has 1 aliphatic heterocycles. The van der Waals surface area contributed by atoms with Gasteiger partial charge in [-0.3, -0.25) is 10.0 Å². The molecule has 1 heterocycles. The van der Waals surface area contributed by atoms with Gasteiger partial charge in [0.25, 0.3) is 5.71 Å². The molecule has 0 radical (unpaired) electrons. The lowest BCUT2D eigenvalue weighted by Gasteiger charge is -2.04. The molecule has 0 bridgehead atoms. The molecule has 1 rings (SSSR count). The Hall–Kier alpha value is -1.26. The van der Waals surface area contributed by atoms with Gasteiger partial charge in [0.2, 0.25) is 6.10 Å². The van der Waals surface area contributed by atoms with Crippen LogP contribution in [-0.4, -0.2) is 29.3 Å². The van der Waals surface area contributed by atoms with E-state index in [1.165, 1.54) is 6.92 Å². The zero-order valence-electron chi connectivity index (χ0n) is 6.36. The SMILES string of the molecule is CC(=O)OC1CO[N+]([O-])=C1C. The lowest BCUT2D eigenvalue weighted by molar-refractivity contribution is -0.731. The molecule has 11 heavy (non-hydrogen) atoms. The summed E-state index contributed by atoms with van der Waals surface area (Å²) in [5, 5.41) is 10.6. The third-order valence-corrected chi connectivity index (χ3v) is 1.41. The number of nitrogens with zero attached hydrogens (tertiary/aromatic N) is 1. The van der Waals surface area contributed by atoms with Gasteiger partial charge in [-0.05, 0) is 0 Å². The van der Waals surface area contributed by atoms with Crippen LogP contribution in [0.3, 0.4) is 0 Å². The first-order chi connectivity index (χ1) is 5.11. The average Bonchev–Trinajstić information content (AvgIpc) is 2.18. The van der Waals surface area contributed by atoms with E-state index in [1.54, 1.807) is 6.92 Å². The molecule has 1 atom stereocenters. The highest BCUT2D eigenvalue weighted by atomic mass is 16.9. The van der Waals surface area contributed by atoms with Crippen LogP contribution in [0.5, 0.6) is 0 Å². The van der Waals surface area contributed by atoms with Gasteiger partial charge in [-0.15, -0.1) is 0 Å². The van der Waals surface area contributed by atoms with Crippen LogP contribution in [0.15, 0.2) is 0 Å². The van der Waals surface area contributed by atoms with Gasteiger partial charge in [0.15, 0.2) is 0 Å². The molecule has 0 amide bonds. The third-order valence-electron chi connectivity index (χ3n) is 1.41. The number of hydrogen-bond donors (Lipinski definition) is 0. The van der Waals surface area contributed by atoms with Gasteiger partial charge in [-0.1, -0.05) is 0 Å². The first-order valence-electron chi connectivity index (χ1n) is 3.22. The Morgan fingerprint density at radius 3 is 2.91 bits per heavy atom. The second-order valence-corrected chi connectivity index (χ2v) is 2.29. The summed E-state index contributed by atoms with van der Waals surface area (Å²) < 4.78 is 4.75. The minimum absolute atomic E-state index is 0.120. The van der Waals surface area contributed by atoms with Crippen molar-refractivity contribution >= 4 is 11.7 Å². The van der Waals surface area contributed by atoms with E-state index >= 15 is 0 Å². The van der Waals surface area contributed by atoms with Gasteiger partial charge in [-0.25, -0.2) is 0 Å². The van der Waals surface area contributed by atoms with Gasteiger partial charge in [0.1, 0.15) is 6.61 Å². The Kier molecular flexibility index (Phi) is 1.98. The fourth-order valence-corrected chi connectivity index (χ4v) is 0.795. The van der Waals surface area contributed by atoms with Crippen LogP contribution in [0.2, 0.25) is 0 Å². The molecule has 62 valence electrons. The molecule has 0 aromatic heterocycles. The van der Waals surface area contributed by atoms with E-state index in [1.807, 2.05) is 0 Å². The highest BCUT2D eigenvalue weighted by molar-refractivity contribution is 5.84. The van der Waals surface area contributed by atoms with Gasteiger partial charge in [-0.2, -0.15) is 0 Å². The third kappa shape index (κ3) is 1.60. The van der Waals surface area contributed by atoms with Gasteiger partial charge < -0.3 is 9.57 Å². The predicted octanol–water partition coefficient (Wildman–Crippen LogP) is -0.165. The standard InChI is InChI=1S/C6H9NO4/c1-4-6(11-5(2)8)3-10-7(4)9/h6H,3H2,1-2H3. The number of esters is 1. The molecule has 0 N–H and O–H groups in total. The quantitative estimate of drug-likeness (QED) is 0.394. The summed E-state index contributed by atoms with van der Waals surface area (Å²) in [5.41, 5.74) is 0.375. The van der Waals surface area contributed by atoms with Crippen molar-refractivity contribution in [3.8, 4) is 0 Å². The van der Waals surface area contributed by atoms with Gasteiger partial charge >= 0.3 is 5.97 Å². The van der Waals surface area contributed by atoms with Crippen molar-refractivity contribution in [3.63, 3.8) is 0 Å². The van der Waals surface area contributed by atoms with Gasteiger partial charge in [0, 0.05) is 18.7 Å². The second-order valence-electron chi connectivity index (χ2n) is 2.29. The van der Waals surface area contributed by atoms with E-state index in [0.29, 0.717) is 10.6 Å². The molecule has 1 unspecified atom stereocenters. The lowest BCUT2D eigenvalue weighted by Crippen LogP contribution is -2.24. The number of ether oxygens (including phenoxy) is 1. The minimum Gasteiger partial charge on any atom is -0.450 e. The molecule has 5 nitrogen and oxygen atoms in total. The number of hydrogen-bond acceptors (Lipinski definition) is 4. The summed E-state index contributed by atoms with van der Waals surface area (Å²) in [6, 6.07) is 0. The number of rotatable bonds is 1. The van der Waals surface area contributed by atoms with Crippen molar-refractivity contribution in [2.24, 2.45) is 0 Å². The molecular formula is C6H9NO4. The molecular weight excluding hydrogens is 150 g/mol. The Morgan fingerprint density at radius 2 is 2.55 bits per heavy atom. The Balaban J connectivity index is 2.57. The van der Waals surface area contributed by atoms with E-state index in [9.17, 15) is 10.0 Å². The van der Waals surface area contributed by atoms with E-state index in [0.717, 1.165) is 0 Å². The molecule has 0 aromatic rings. The summed E-state index contributed by atoms with van der Waals surface area (Å²) in [4.78, 5) is 15.4.